The number of benzene rings is 2. The van der Waals surface area contributed by atoms with Gasteiger partial charge in [-0.2, -0.15) is 0 Å². The van der Waals surface area contributed by atoms with Crippen molar-refractivity contribution in [3.05, 3.63) is 81.1 Å². The van der Waals surface area contributed by atoms with Crippen LogP contribution >= 0.6 is 23.4 Å². The summed E-state index contributed by atoms with van der Waals surface area (Å²) in [6.45, 7) is 0.233. The fourth-order valence-electron chi connectivity index (χ4n) is 2.82. The van der Waals surface area contributed by atoms with E-state index in [1.165, 1.54) is 11.8 Å². The van der Waals surface area contributed by atoms with E-state index in [-0.39, 0.29) is 18.0 Å². The van der Waals surface area contributed by atoms with Gasteiger partial charge in [-0.25, -0.2) is 4.98 Å². The molecule has 1 amide bonds. The zero-order valence-electron chi connectivity index (χ0n) is 15.9. The van der Waals surface area contributed by atoms with E-state index >= 15 is 0 Å². The summed E-state index contributed by atoms with van der Waals surface area (Å²) in [4.78, 5) is 31.7. The van der Waals surface area contributed by atoms with Crippen LogP contribution in [-0.2, 0) is 19.3 Å². The number of hydrogen-bond donors (Lipinski definition) is 2. The second-order valence-corrected chi connectivity index (χ2v) is 7.84. The fraction of sp³-hybridized carbons (Fsp3) is 0.150. The molecule has 0 unspecified atom stereocenters. The molecule has 0 spiro atoms. The van der Waals surface area contributed by atoms with Gasteiger partial charge >= 0.3 is 0 Å². The van der Waals surface area contributed by atoms with Crippen LogP contribution in [0.5, 0.6) is 0 Å². The molecule has 2 heterocycles. The van der Waals surface area contributed by atoms with E-state index in [0.29, 0.717) is 44.0 Å². The van der Waals surface area contributed by atoms with Crippen molar-refractivity contribution < 1.29 is 4.79 Å². The lowest BCUT2D eigenvalue weighted by molar-refractivity contribution is 0.0949. The molecule has 2 aromatic heterocycles. The lowest BCUT2D eigenvalue weighted by Gasteiger charge is -2.06. The van der Waals surface area contributed by atoms with Gasteiger partial charge in [-0.15, -0.1) is 10.2 Å². The zero-order chi connectivity index (χ0) is 21.1. The van der Waals surface area contributed by atoms with Gasteiger partial charge in [0, 0.05) is 17.6 Å². The zero-order valence-corrected chi connectivity index (χ0v) is 17.5. The van der Waals surface area contributed by atoms with Gasteiger partial charge in [0.2, 0.25) is 0 Å². The number of carbonyl (C=O) groups excluding carboxylic acids is 1. The Morgan fingerprint density at radius 3 is 2.73 bits per heavy atom. The van der Waals surface area contributed by atoms with Gasteiger partial charge in [-0.3, -0.25) is 9.59 Å². The van der Waals surface area contributed by atoms with Crippen LogP contribution in [0.15, 0.2) is 58.5 Å². The molecule has 0 aliphatic rings. The molecule has 0 saturated carbocycles. The Morgan fingerprint density at radius 2 is 1.93 bits per heavy atom. The maximum absolute atomic E-state index is 12.2. The maximum Gasteiger partial charge on any atom is 0.258 e. The van der Waals surface area contributed by atoms with Crippen LogP contribution in [0.25, 0.3) is 10.9 Å². The molecule has 4 aromatic rings. The highest BCUT2D eigenvalue weighted by molar-refractivity contribution is 7.98. The summed E-state index contributed by atoms with van der Waals surface area (Å²) in [6, 6.07) is 13.9. The van der Waals surface area contributed by atoms with Crippen LogP contribution in [0, 0.1) is 0 Å². The number of H-pyrrole nitrogens is 1. The van der Waals surface area contributed by atoms with Crippen molar-refractivity contribution in [2.24, 2.45) is 7.05 Å². The Kier molecular flexibility index (Phi) is 5.82. The predicted octanol–water partition coefficient (Wildman–Crippen LogP) is 2.93. The normalized spacial score (nSPS) is 11.0. The minimum absolute atomic E-state index is 0.167. The van der Waals surface area contributed by atoms with E-state index in [4.69, 9.17) is 11.6 Å². The molecule has 0 aliphatic carbocycles. The van der Waals surface area contributed by atoms with Crippen LogP contribution in [0.1, 0.15) is 22.0 Å². The van der Waals surface area contributed by atoms with Crippen molar-refractivity contribution >= 4 is 40.2 Å². The molecule has 10 heteroatoms. The molecule has 0 bridgehead atoms. The first-order valence-corrected chi connectivity index (χ1v) is 10.4. The van der Waals surface area contributed by atoms with Crippen LogP contribution in [0.2, 0.25) is 5.02 Å². The maximum atomic E-state index is 12.2. The molecule has 2 N–H and O–H groups in total. The highest BCUT2D eigenvalue weighted by Gasteiger charge is 2.13. The third kappa shape index (κ3) is 4.37. The number of para-hydroxylation sites is 1. The van der Waals surface area contributed by atoms with Crippen molar-refractivity contribution in [3.8, 4) is 0 Å². The van der Waals surface area contributed by atoms with Crippen LogP contribution < -0.4 is 10.9 Å². The Hall–Kier alpha value is -3.17. The van der Waals surface area contributed by atoms with Gasteiger partial charge in [0.25, 0.3) is 11.5 Å². The van der Waals surface area contributed by atoms with E-state index in [9.17, 15) is 9.59 Å². The number of nitrogens with one attached hydrogen (secondary N) is 2. The molecule has 2 aromatic carbocycles. The second-order valence-electron chi connectivity index (χ2n) is 6.47. The van der Waals surface area contributed by atoms with Gasteiger partial charge in [-0.1, -0.05) is 35.5 Å². The van der Waals surface area contributed by atoms with E-state index < -0.39 is 0 Å². The lowest BCUT2D eigenvalue weighted by Crippen LogP contribution is -2.24. The summed E-state index contributed by atoms with van der Waals surface area (Å²) >= 11 is 7.24. The number of nitrogens with zero attached hydrogens (tertiary/aromatic N) is 4. The number of halogens is 1. The molecule has 30 heavy (non-hydrogen) atoms. The van der Waals surface area contributed by atoms with E-state index in [1.54, 1.807) is 41.0 Å². The average molecular weight is 441 g/mol. The number of hydrogen-bond acceptors (Lipinski definition) is 6. The van der Waals surface area contributed by atoms with E-state index in [0.717, 1.165) is 0 Å². The number of aromatic amines is 1. The summed E-state index contributed by atoms with van der Waals surface area (Å²) < 4.78 is 1.80. The summed E-state index contributed by atoms with van der Waals surface area (Å²) in [5, 5.41) is 12.9. The molecule has 4 rings (SSSR count). The Morgan fingerprint density at radius 1 is 1.17 bits per heavy atom. The molecule has 0 fully saturated rings. The first-order valence-electron chi connectivity index (χ1n) is 9.04. The smallest absolute Gasteiger partial charge is 0.258 e. The van der Waals surface area contributed by atoms with Gasteiger partial charge in [0.15, 0.2) is 11.0 Å². The largest absolute Gasteiger partial charge is 0.345 e. The summed E-state index contributed by atoms with van der Waals surface area (Å²) in [7, 11) is 1.82. The Bertz CT molecular complexity index is 1270. The predicted molar refractivity (Wildman–Crippen MR) is 116 cm³/mol. The molecule has 0 saturated heterocycles. The molecule has 0 atom stereocenters. The van der Waals surface area contributed by atoms with Gasteiger partial charge in [0.1, 0.15) is 5.82 Å². The van der Waals surface area contributed by atoms with Crippen molar-refractivity contribution in [3.63, 3.8) is 0 Å². The van der Waals surface area contributed by atoms with Crippen LogP contribution in [-0.4, -0.2) is 30.6 Å². The Labute approximate surface area is 180 Å². The quantitative estimate of drug-likeness (QED) is 0.446. The van der Waals surface area contributed by atoms with Crippen LogP contribution in [0.4, 0.5) is 0 Å². The van der Waals surface area contributed by atoms with Crippen molar-refractivity contribution in [1.82, 2.24) is 30.0 Å². The molecule has 8 nitrogen and oxygen atoms in total. The number of carbonyl (C=O) groups is 1. The van der Waals surface area contributed by atoms with Crippen molar-refractivity contribution in [1.29, 1.82) is 0 Å². The first-order chi connectivity index (χ1) is 14.5. The highest BCUT2D eigenvalue weighted by atomic mass is 35.5. The molecule has 0 aliphatic heterocycles. The first kappa shape index (κ1) is 20.1. The highest BCUT2D eigenvalue weighted by Crippen LogP contribution is 2.20. The average Bonchev–Trinajstić information content (AvgIpc) is 3.10. The van der Waals surface area contributed by atoms with Crippen LogP contribution in [0.3, 0.4) is 0 Å². The molecule has 152 valence electrons. The number of thioether (sulfide) groups is 1. The lowest BCUT2D eigenvalue weighted by atomic mass is 10.2. The third-order valence-electron chi connectivity index (χ3n) is 4.44. The van der Waals surface area contributed by atoms with E-state index in [2.05, 4.69) is 25.5 Å². The van der Waals surface area contributed by atoms with Crippen molar-refractivity contribution in [2.45, 2.75) is 17.5 Å². The van der Waals surface area contributed by atoms with Gasteiger partial charge in [-0.05, 0) is 36.4 Å². The van der Waals surface area contributed by atoms with E-state index in [1.807, 2.05) is 19.2 Å². The second kappa shape index (κ2) is 8.68. The number of amides is 1. The number of fused-ring (bicyclic) bond motifs is 1. The molecular weight excluding hydrogens is 424 g/mol. The fourth-order valence-corrected chi connectivity index (χ4v) is 3.75. The van der Waals surface area contributed by atoms with Gasteiger partial charge in [0.05, 0.1) is 23.2 Å². The summed E-state index contributed by atoms with van der Waals surface area (Å²) in [5.41, 5.74) is 1.00. The SMILES string of the molecule is Cn1c(CNC(=O)c2ccc(Cl)cc2)nnc1SCc1nc2ccccc2c(=O)[nH]1. The van der Waals surface area contributed by atoms with Crippen molar-refractivity contribution in [2.75, 3.05) is 0 Å². The monoisotopic (exact) mass is 440 g/mol. The standard InChI is InChI=1S/C20H17ClN6O2S/c1-27-17(10-22-18(28)12-6-8-13(21)9-7-12)25-26-20(27)30-11-16-23-15-5-3-2-4-14(15)19(29)24-16/h2-9H,10-11H2,1H3,(H,22,28)(H,23,24,29). The minimum atomic E-state index is -0.221. The molecular formula is C20H17ClN6O2S. The number of rotatable bonds is 6. The third-order valence-corrected chi connectivity index (χ3v) is 5.72. The molecule has 0 radical (unpaired) electrons. The van der Waals surface area contributed by atoms with Gasteiger partial charge < -0.3 is 14.9 Å². The topological polar surface area (TPSA) is 106 Å². The number of aromatic nitrogens is 5. The minimum Gasteiger partial charge on any atom is -0.345 e. The summed E-state index contributed by atoms with van der Waals surface area (Å²) in [6.07, 6.45) is 0. The summed E-state index contributed by atoms with van der Waals surface area (Å²) in [5.74, 6) is 1.38. The Balaban J connectivity index is 1.40.